The fourth-order valence-corrected chi connectivity index (χ4v) is 9.93. The molecule has 4 aromatic heterocycles. The van der Waals surface area contributed by atoms with Crippen LogP contribution in [0, 0.1) is 0 Å². The molecule has 23 heteroatoms. The smallest absolute Gasteiger partial charge is 0.416 e. The number of nitrogens with two attached hydrogens (primary N) is 1. The Labute approximate surface area is 442 Å². The molecular weight excluding hydrogens is 1010 g/mol. The summed E-state index contributed by atoms with van der Waals surface area (Å²) >= 11 is 0. The van der Waals surface area contributed by atoms with Crippen LogP contribution < -0.4 is 20.9 Å². The number of furan rings is 2. The Morgan fingerprint density at radius 3 is 1.53 bits per heavy atom. The first kappa shape index (κ1) is 56.4. The molecule has 0 unspecified atom stereocenters. The predicted molar refractivity (Wildman–Crippen MR) is 276 cm³/mol. The second-order valence-electron chi connectivity index (χ2n) is 19.6. The number of carbonyl (C=O) groups excluding carboxylic acids is 1. The summed E-state index contributed by atoms with van der Waals surface area (Å²) in [5.41, 5.74) is 7.89. The monoisotopic (exact) mass is 1080 g/mol. The average Bonchev–Trinajstić information content (AvgIpc) is 4.22. The zero-order chi connectivity index (χ0) is 54.7. The third-order valence-electron chi connectivity index (χ3n) is 14.0. The molecular formula is C54H66F6N10O7. The number of carboxylic acids is 1. The Hall–Kier alpha value is -6.82. The van der Waals surface area contributed by atoms with Gasteiger partial charge in [-0.3, -0.25) is 24.0 Å². The summed E-state index contributed by atoms with van der Waals surface area (Å²) in [7, 11) is 3.77. The number of nitrogen functional groups attached to an aromatic ring is 1. The minimum absolute atomic E-state index is 0.0199. The van der Waals surface area contributed by atoms with Crippen molar-refractivity contribution in [3.05, 3.63) is 131 Å². The van der Waals surface area contributed by atoms with Gasteiger partial charge in [0, 0.05) is 130 Å². The van der Waals surface area contributed by atoms with Gasteiger partial charge in [0.15, 0.2) is 5.76 Å². The van der Waals surface area contributed by atoms with E-state index >= 15 is 0 Å². The van der Waals surface area contributed by atoms with E-state index in [1.807, 2.05) is 43.5 Å². The summed E-state index contributed by atoms with van der Waals surface area (Å²) in [6.45, 7) is 10.3. The molecule has 6 aromatic rings. The molecule has 8 heterocycles. The van der Waals surface area contributed by atoms with Gasteiger partial charge in [-0.25, -0.2) is 4.79 Å². The van der Waals surface area contributed by atoms with Crippen LogP contribution in [0.4, 0.5) is 49.1 Å². The highest BCUT2D eigenvalue weighted by molar-refractivity contribution is 6.04. The molecule has 10 rings (SSSR count). The molecule has 0 aliphatic carbocycles. The number of nitrogens with one attached hydrogen (secondary N) is 1. The van der Waals surface area contributed by atoms with E-state index in [0.29, 0.717) is 55.9 Å². The number of halogens is 6. The zero-order valence-corrected chi connectivity index (χ0v) is 43.2. The highest BCUT2D eigenvalue weighted by Gasteiger charge is 2.34. The number of aromatic nitrogens is 4. The van der Waals surface area contributed by atoms with Gasteiger partial charge in [0.05, 0.1) is 45.3 Å². The van der Waals surface area contributed by atoms with Crippen LogP contribution in [0.1, 0.15) is 106 Å². The third-order valence-corrected chi connectivity index (χ3v) is 14.0. The van der Waals surface area contributed by atoms with Crippen molar-refractivity contribution < 1.29 is 59.3 Å². The molecule has 4 aliphatic rings. The van der Waals surface area contributed by atoms with Gasteiger partial charge in [0.1, 0.15) is 11.5 Å². The quantitative estimate of drug-likeness (QED) is 0.0823. The average molecular weight is 1080 g/mol. The molecule has 4 aliphatic heterocycles. The van der Waals surface area contributed by atoms with E-state index in [1.165, 1.54) is 18.2 Å². The van der Waals surface area contributed by atoms with E-state index < -0.39 is 35.4 Å². The number of rotatable bonds is 11. The summed E-state index contributed by atoms with van der Waals surface area (Å²) in [6, 6.07) is 17.7. The number of amides is 1. The van der Waals surface area contributed by atoms with Crippen LogP contribution in [0.2, 0.25) is 0 Å². The summed E-state index contributed by atoms with van der Waals surface area (Å²) in [4.78, 5) is 32.3. The highest BCUT2D eigenvalue weighted by atomic mass is 19.4. The van der Waals surface area contributed by atoms with Crippen LogP contribution in [0.25, 0.3) is 0 Å². The van der Waals surface area contributed by atoms with Crippen molar-refractivity contribution in [3.63, 3.8) is 0 Å². The fourth-order valence-electron chi connectivity index (χ4n) is 9.93. The summed E-state index contributed by atoms with van der Waals surface area (Å²) < 4.78 is 104. The molecule has 0 saturated carbocycles. The summed E-state index contributed by atoms with van der Waals surface area (Å²) in [6.07, 6.45) is 0.101. The van der Waals surface area contributed by atoms with Gasteiger partial charge in [0.25, 0.3) is 5.91 Å². The van der Waals surface area contributed by atoms with Crippen LogP contribution >= 0.6 is 0 Å². The first-order chi connectivity index (χ1) is 36.9. The van der Waals surface area contributed by atoms with Gasteiger partial charge in [0.2, 0.25) is 5.76 Å². The minimum atomic E-state index is -4.53. The Morgan fingerprint density at radius 2 is 1.08 bits per heavy atom. The number of hydrogen-bond donors (Lipinski definition) is 3. The SMILES string of the molecule is Cn1ccc(CN2CCCN(c3ccc(C(F)(F)F)cc3N)CC2)n1.Cn1ccc(CN2CCCN(c3ccc(C(F)(F)F)cc3NC(=O)c3ccc(C4CCOCC4)o3)CC2)n1.O=C(O)c1ccc(C2CCOCC2)o1. The Bertz CT molecular complexity index is 2870. The van der Waals surface area contributed by atoms with Crippen molar-refractivity contribution in [2.45, 2.75) is 75.8 Å². The number of carboxylic acid groups (broad SMARTS) is 1. The maximum absolute atomic E-state index is 13.6. The number of carbonyl (C=O) groups is 2. The Balaban J connectivity index is 0.000000171. The molecule has 17 nitrogen and oxygen atoms in total. The topological polar surface area (TPSA) is 186 Å². The summed E-state index contributed by atoms with van der Waals surface area (Å²) in [5, 5.41) is 20.2. The van der Waals surface area contributed by atoms with Crippen LogP contribution in [0.15, 0.2) is 94.0 Å². The number of benzene rings is 2. The molecule has 416 valence electrons. The van der Waals surface area contributed by atoms with E-state index in [-0.39, 0.29) is 28.8 Å². The van der Waals surface area contributed by atoms with Crippen molar-refractivity contribution in [3.8, 4) is 0 Å². The number of anilines is 4. The molecule has 77 heavy (non-hydrogen) atoms. The zero-order valence-electron chi connectivity index (χ0n) is 43.2. The lowest BCUT2D eigenvalue weighted by atomic mass is 9.98. The van der Waals surface area contributed by atoms with Gasteiger partial charge in [-0.05, 0) is 111 Å². The number of aryl methyl sites for hydroxylation is 2. The van der Waals surface area contributed by atoms with Crippen molar-refractivity contribution in [1.82, 2.24) is 29.4 Å². The molecule has 0 radical (unpaired) electrons. The van der Waals surface area contributed by atoms with E-state index in [0.717, 1.165) is 139 Å². The van der Waals surface area contributed by atoms with Crippen molar-refractivity contribution in [1.29, 1.82) is 0 Å². The molecule has 0 atom stereocenters. The van der Waals surface area contributed by atoms with Crippen LogP contribution in [0.3, 0.4) is 0 Å². The molecule has 0 bridgehead atoms. The first-order valence-electron chi connectivity index (χ1n) is 25.9. The Kier molecular flexibility index (Phi) is 18.7. The molecule has 0 spiro atoms. The lowest BCUT2D eigenvalue weighted by Crippen LogP contribution is -2.31. The first-order valence-corrected chi connectivity index (χ1v) is 25.9. The fraction of sp³-hybridized carbons (Fsp3) is 0.481. The van der Waals surface area contributed by atoms with Gasteiger partial charge in [-0.15, -0.1) is 0 Å². The van der Waals surface area contributed by atoms with Crippen LogP contribution in [-0.2, 0) is 49.0 Å². The van der Waals surface area contributed by atoms with Gasteiger partial charge >= 0.3 is 18.3 Å². The second kappa shape index (κ2) is 25.6. The predicted octanol–water partition coefficient (Wildman–Crippen LogP) is 9.50. The standard InChI is InChI=1S/C27H32F3N5O3.C17H22F3N5.C10H12O4/c1-33-12-7-21(32-33)18-34-10-2-11-35(14-13-34)23-4-3-20(27(28,29)30)17-22(23)31-26(36)25-6-5-24(38-25)19-8-15-37-16-9-19;1-23-8-5-14(22-23)12-24-6-2-7-25(10-9-24)16-4-3-13(11-15(16)21)17(18,19)20;11-10(12)9-2-1-8(14-9)7-3-5-13-6-4-7/h3-7,12,17,19H,2,8-11,13-16,18H2,1H3,(H,31,36);3-5,8,11H,2,6-7,9-10,12,21H2,1H3;1-2,7H,3-6H2,(H,11,12). The molecule has 4 saturated heterocycles. The van der Waals surface area contributed by atoms with Crippen molar-refractivity contribution in [2.75, 3.05) is 99.6 Å². The van der Waals surface area contributed by atoms with Crippen molar-refractivity contribution in [2.24, 2.45) is 14.1 Å². The molecule has 4 fully saturated rings. The molecule has 1 amide bonds. The maximum atomic E-state index is 13.6. The van der Waals surface area contributed by atoms with E-state index in [2.05, 4.69) is 30.2 Å². The highest BCUT2D eigenvalue weighted by Crippen LogP contribution is 2.38. The second-order valence-corrected chi connectivity index (χ2v) is 19.6. The number of ether oxygens (including phenoxy) is 2. The van der Waals surface area contributed by atoms with Crippen LogP contribution in [-0.4, -0.2) is 125 Å². The number of alkyl halides is 6. The summed E-state index contributed by atoms with van der Waals surface area (Å²) in [5.74, 6) is 0.462. The third kappa shape index (κ3) is 15.7. The lowest BCUT2D eigenvalue weighted by Gasteiger charge is -2.26. The van der Waals surface area contributed by atoms with Gasteiger partial charge in [-0.2, -0.15) is 36.5 Å². The Morgan fingerprint density at radius 1 is 0.610 bits per heavy atom. The van der Waals surface area contributed by atoms with E-state index in [4.69, 9.17) is 29.1 Å². The molecule has 2 aromatic carbocycles. The lowest BCUT2D eigenvalue weighted by molar-refractivity contribution is -0.138. The number of nitrogens with zero attached hydrogens (tertiary/aromatic N) is 8. The normalized spacial score (nSPS) is 17.7. The number of hydrogen-bond acceptors (Lipinski definition) is 13. The van der Waals surface area contributed by atoms with E-state index in [9.17, 15) is 35.9 Å². The van der Waals surface area contributed by atoms with Gasteiger partial charge in [-0.1, -0.05) is 0 Å². The maximum Gasteiger partial charge on any atom is 0.416 e. The van der Waals surface area contributed by atoms with Crippen LogP contribution in [0.5, 0.6) is 0 Å². The minimum Gasteiger partial charge on any atom is -0.475 e. The van der Waals surface area contributed by atoms with E-state index in [1.54, 1.807) is 27.6 Å². The van der Waals surface area contributed by atoms with Gasteiger partial charge < -0.3 is 44.3 Å². The van der Waals surface area contributed by atoms with Crippen molar-refractivity contribution >= 4 is 34.6 Å². The number of aromatic carboxylic acids is 1. The largest absolute Gasteiger partial charge is 0.475 e. The molecule has 4 N–H and O–H groups in total.